The van der Waals surface area contributed by atoms with Crippen LogP contribution in [0.4, 0.5) is 0 Å². The maximum atomic E-state index is 12.7. The number of carbonyl (C=O) groups excluding carboxylic acids is 1. The van der Waals surface area contributed by atoms with Crippen LogP contribution < -0.4 is 10.0 Å². The van der Waals surface area contributed by atoms with Gasteiger partial charge in [-0.25, -0.2) is 13.1 Å². The highest BCUT2D eigenvalue weighted by Gasteiger charge is 2.32. The highest BCUT2D eigenvalue weighted by Crippen LogP contribution is 2.24. The first kappa shape index (κ1) is 18.6. The number of fused-ring (bicyclic) bond motifs is 2. The first-order valence-electron chi connectivity index (χ1n) is 8.69. The molecule has 2 bridgehead atoms. The number of benzene rings is 1. The van der Waals surface area contributed by atoms with Crippen molar-refractivity contribution in [1.29, 1.82) is 0 Å². The van der Waals surface area contributed by atoms with Crippen molar-refractivity contribution in [1.82, 2.24) is 14.9 Å². The van der Waals surface area contributed by atoms with Crippen molar-refractivity contribution in [2.75, 3.05) is 13.1 Å². The summed E-state index contributed by atoms with van der Waals surface area (Å²) >= 11 is 0. The number of hydrogen-bond donors (Lipinski definition) is 2. The molecule has 1 saturated carbocycles. The largest absolute Gasteiger partial charge is 0.337 e. The minimum Gasteiger partial charge on any atom is -0.337 e. The van der Waals surface area contributed by atoms with E-state index in [1.54, 1.807) is 12.1 Å². The van der Waals surface area contributed by atoms with E-state index in [4.69, 9.17) is 0 Å². The summed E-state index contributed by atoms with van der Waals surface area (Å²) in [7, 11) is -3.46. The lowest BCUT2D eigenvalue weighted by Crippen LogP contribution is -2.39. The molecule has 0 radical (unpaired) electrons. The van der Waals surface area contributed by atoms with Crippen LogP contribution in [-0.4, -0.2) is 50.4 Å². The molecule has 138 valence electrons. The smallest absolute Gasteiger partial charge is 0.253 e. The number of amides is 1. The third-order valence-corrected chi connectivity index (χ3v) is 6.66. The molecule has 1 aromatic rings. The Kier molecular flexibility index (Phi) is 5.39. The number of likely N-dealkylation sites (tertiary alicyclic amines) is 1. The van der Waals surface area contributed by atoms with Crippen LogP contribution in [0, 0.1) is 0 Å². The Morgan fingerprint density at radius 3 is 2.40 bits per heavy atom. The van der Waals surface area contributed by atoms with Gasteiger partial charge in [0.2, 0.25) is 10.0 Å². The lowest BCUT2D eigenvalue weighted by molar-refractivity contribution is 0.0748. The van der Waals surface area contributed by atoms with Crippen LogP contribution in [0.2, 0.25) is 0 Å². The summed E-state index contributed by atoms with van der Waals surface area (Å²) in [6.45, 7) is 1.49. The highest BCUT2D eigenvalue weighted by molar-refractivity contribution is 7.89. The van der Waals surface area contributed by atoms with Crippen molar-refractivity contribution >= 4 is 28.3 Å². The zero-order chi connectivity index (χ0) is 16.7. The van der Waals surface area contributed by atoms with E-state index in [2.05, 4.69) is 10.0 Å². The number of carbonyl (C=O) groups is 1. The van der Waals surface area contributed by atoms with E-state index in [0.29, 0.717) is 17.6 Å². The number of rotatable bonds is 4. The van der Waals surface area contributed by atoms with Crippen LogP contribution in [0.5, 0.6) is 0 Å². The SMILES string of the molecule is Cl.O=C(c1ccc(S(=O)(=O)NC2CC2)cc1)N1CCC2CCC(C1)N2. The molecule has 8 heteroatoms. The molecule has 3 fully saturated rings. The molecule has 2 N–H and O–H groups in total. The number of nitrogens with zero attached hydrogens (tertiary/aromatic N) is 1. The third kappa shape index (κ3) is 4.16. The number of hydrogen-bond acceptors (Lipinski definition) is 4. The fourth-order valence-corrected chi connectivity index (χ4v) is 4.88. The minimum atomic E-state index is -3.46. The normalized spacial score (nSPS) is 26.0. The fourth-order valence-electron chi connectivity index (χ4n) is 3.58. The van der Waals surface area contributed by atoms with Crippen molar-refractivity contribution in [3.63, 3.8) is 0 Å². The van der Waals surface area contributed by atoms with Crippen molar-refractivity contribution in [2.45, 2.75) is 55.1 Å². The summed E-state index contributed by atoms with van der Waals surface area (Å²) in [6, 6.07) is 7.31. The topological polar surface area (TPSA) is 78.5 Å². The standard InChI is InChI=1S/C17H23N3O3S.ClH/c21-17(20-10-9-13-3-6-15(11-20)18-13)12-1-7-16(8-2-12)24(22,23)19-14-4-5-14;/h1-2,7-8,13-15,18-19H,3-6,9-11H2;1H. The molecule has 1 aliphatic carbocycles. The Morgan fingerprint density at radius 1 is 1.04 bits per heavy atom. The zero-order valence-corrected chi connectivity index (χ0v) is 15.6. The molecule has 4 rings (SSSR count). The van der Waals surface area contributed by atoms with Gasteiger partial charge in [0.25, 0.3) is 5.91 Å². The number of halogens is 1. The van der Waals surface area contributed by atoms with Gasteiger partial charge in [0.05, 0.1) is 4.90 Å². The van der Waals surface area contributed by atoms with E-state index in [1.807, 2.05) is 4.90 Å². The Hall–Kier alpha value is -1.15. The predicted octanol–water partition coefficient (Wildman–Crippen LogP) is 1.52. The summed E-state index contributed by atoms with van der Waals surface area (Å²) in [5.41, 5.74) is 0.554. The second-order valence-corrected chi connectivity index (χ2v) is 8.81. The summed E-state index contributed by atoms with van der Waals surface area (Å²) in [4.78, 5) is 14.8. The Labute approximate surface area is 154 Å². The average Bonchev–Trinajstić information content (AvgIpc) is 3.28. The minimum absolute atomic E-state index is 0. The maximum Gasteiger partial charge on any atom is 0.253 e. The molecule has 2 unspecified atom stereocenters. The van der Waals surface area contributed by atoms with Gasteiger partial charge < -0.3 is 10.2 Å². The van der Waals surface area contributed by atoms with Gasteiger partial charge in [0.1, 0.15) is 0 Å². The molecule has 1 amide bonds. The van der Waals surface area contributed by atoms with Crippen molar-refractivity contribution < 1.29 is 13.2 Å². The molecule has 2 atom stereocenters. The molecule has 2 saturated heterocycles. The summed E-state index contributed by atoms with van der Waals surface area (Å²) in [6.07, 6.45) is 5.12. The molecule has 6 nitrogen and oxygen atoms in total. The Morgan fingerprint density at radius 2 is 1.72 bits per heavy atom. The van der Waals surface area contributed by atoms with Crippen LogP contribution in [0.3, 0.4) is 0 Å². The Bertz CT molecular complexity index is 734. The van der Waals surface area contributed by atoms with Gasteiger partial charge in [0.15, 0.2) is 0 Å². The average molecular weight is 386 g/mol. The van der Waals surface area contributed by atoms with Crippen LogP contribution in [-0.2, 0) is 10.0 Å². The summed E-state index contributed by atoms with van der Waals surface area (Å²) < 4.78 is 27.0. The quantitative estimate of drug-likeness (QED) is 0.823. The van der Waals surface area contributed by atoms with E-state index in [1.165, 1.54) is 18.6 Å². The first-order valence-corrected chi connectivity index (χ1v) is 10.2. The second kappa shape index (κ2) is 7.23. The van der Waals surface area contributed by atoms with Gasteiger partial charge in [-0.3, -0.25) is 4.79 Å². The van der Waals surface area contributed by atoms with Gasteiger partial charge in [-0.15, -0.1) is 12.4 Å². The lowest BCUT2D eigenvalue weighted by Gasteiger charge is -2.24. The van der Waals surface area contributed by atoms with E-state index in [0.717, 1.165) is 38.8 Å². The van der Waals surface area contributed by atoms with Gasteiger partial charge in [0, 0.05) is 36.8 Å². The van der Waals surface area contributed by atoms with E-state index >= 15 is 0 Å². The van der Waals surface area contributed by atoms with Gasteiger partial charge >= 0.3 is 0 Å². The van der Waals surface area contributed by atoms with Crippen molar-refractivity contribution in [3.05, 3.63) is 29.8 Å². The maximum absolute atomic E-state index is 12.7. The van der Waals surface area contributed by atoms with Gasteiger partial charge in [-0.05, 0) is 56.4 Å². The number of sulfonamides is 1. The fraction of sp³-hybridized carbons (Fsp3) is 0.588. The van der Waals surface area contributed by atoms with Crippen LogP contribution in [0.15, 0.2) is 29.2 Å². The molecule has 3 aliphatic rings. The molecule has 0 spiro atoms. The van der Waals surface area contributed by atoms with E-state index in [9.17, 15) is 13.2 Å². The van der Waals surface area contributed by atoms with Gasteiger partial charge in [-0.1, -0.05) is 0 Å². The number of nitrogens with one attached hydrogen (secondary N) is 2. The lowest BCUT2D eigenvalue weighted by atomic mass is 10.1. The molecule has 2 aliphatic heterocycles. The molecule has 0 aromatic heterocycles. The van der Waals surface area contributed by atoms with Crippen LogP contribution in [0.1, 0.15) is 42.5 Å². The third-order valence-electron chi connectivity index (χ3n) is 5.12. The van der Waals surface area contributed by atoms with E-state index in [-0.39, 0.29) is 29.3 Å². The summed E-state index contributed by atoms with van der Waals surface area (Å²) in [5, 5.41) is 3.56. The van der Waals surface area contributed by atoms with Gasteiger partial charge in [-0.2, -0.15) is 0 Å². The molecular formula is C17H24ClN3O3S. The molecular weight excluding hydrogens is 362 g/mol. The molecule has 1 aromatic carbocycles. The Balaban J connectivity index is 0.00000182. The van der Waals surface area contributed by atoms with Crippen molar-refractivity contribution in [3.8, 4) is 0 Å². The second-order valence-electron chi connectivity index (χ2n) is 7.10. The van der Waals surface area contributed by atoms with Crippen LogP contribution in [0.25, 0.3) is 0 Å². The monoisotopic (exact) mass is 385 g/mol. The zero-order valence-electron chi connectivity index (χ0n) is 14.0. The first-order chi connectivity index (χ1) is 11.5. The van der Waals surface area contributed by atoms with E-state index < -0.39 is 10.0 Å². The highest BCUT2D eigenvalue weighted by atomic mass is 35.5. The molecule has 2 heterocycles. The summed E-state index contributed by atoms with van der Waals surface area (Å²) in [5.74, 6) is -0.0107. The molecule has 25 heavy (non-hydrogen) atoms. The predicted molar refractivity (Wildman–Crippen MR) is 97.5 cm³/mol. The van der Waals surface area contributed by atoms with Crippen LogP contribution >= 0.6 is 12.4 Å². The van der Waals surface area contributed by atoms with Crippen molar-refractivity contribution in [2.24, 2.45) is 0 Å².